The second-order valence-corrected chi connectivity index (χ2v) is 4.82. The predicted octanol–water partition coefficient (Wildman–Crippen LogP) is 3.39. The van der Waals surface area contributed by atoms with Gasteiger partial charge in [0.25, 0.3) is 0 Å². The molecular weight excluding hydrogens is 234 g/mol. The molecule has 3 nitrogen and oxygen atoms in total. The Hall–Kier alpha value is -1.22. The topological polar surface area (TPSA) is 29.9 Å². The summed E-state index contributed by atoms with van der Waals surface area (Å²) in [5, 5.41) is 3.58. The molecule has 2 aromatic rings. The van der Waals surface area contributed by atoms with Crippen molar-refractivity contribution in [3.8, 4) is 0 Å². The monoisotopic (exact) mass is 251 g/mol. The van der Waals surface area contributed by atoms with Gasteiger partial charge in [-0.1, -0.05) is 19.1 Å². The Balaban J connectivity index is 2.06. The predicted molar refractivity (Wildman–Crippen MR) is 73.8 cm³/mol. The van der Waals surface area contributed by atoms with E-state index in [9.17, 15) is 0 Å². The van der Waals surface area contributed by atoms with Crippen LogP contribution in [0.2, 0.25) is 0 Å². The van der Waals surface area contributed by atoms with Crippen molar-refractivity contribution in [1.82, 2.24) is 9.55 Å². The quantitative estimate of drug-likeness (QED) is 0.826. The molecule has 0 radical (unpaired) electrons. The third kappa shape index (κ3) is 2.72. The smallest absolute Gasteiger partial charge is 0.203 e. The molecule has 0 amide bonds. The molecule has 1 heterocycles. The number of para-hydroxylation sites is 2. The van der Waals surface area contributed by atoms with Gasteiger partial charge in [0.1, 0.15) is 0 Å². The second kappa shape index (κ2) is 5.41. The van der Waals surface area contributed by atoms with Gasteiger partial charge in [0.15, 0.2) is 0 Å². The summed E-state index contributed by atoms with van der Waals surface area (Å²) in [7, 11) is 2.02. The van der Waals surface area contributed by atoms with E-state index in [0.717, 1.165) is 36.4 Å². The van der Waals surface area contributed by atoms with Crippen LogP contribution in [-0.4, -0.2) is 21.5 Å². The van der Waals surface area contributed by atoms with Crippen molar-refractivity contribution in [3.63, 3.8) is 0 Å². The third-order valence-electron chi connectivity index (χ3n) is 2.97. The molecule has 1 aromatic carbocycles. The number of nitrogens with zero attached hydrogens (tertiary/aromatic N) is 2. The molecule has 0 fully saturated rings. The van der Waals surface area contributed by atoms with Crippen LogP contribution in [0.15, 0.2) is 24.3 Å². The molecule has 0 saturated heterocycles. The fraction of sp³-hybridized carbons (Fsp3) is 0.462. The minimum Gasteiger partial charge on any atom is -0.356 e. The normalized spacial score (nSPS) is 12.9. The van der Waals surface area contributed by atoms with Crippen LogP contribution in [0.1, 0.15) is 19.8 Å². The number of benzene rings is 1. The molecule has 17 heavy (non-hydrogen) atoms. The van der Waals surface area contributed by atoms with Crippen LogP contribution < -0.4 is 5.32 Å². The Bertz CT molecular complexity index is 492. The van der Waals surface area contributed by atoms with Crippen molar-refractivity contribution in [1.29, 1.82) is 0 Å². The second-order valence-electron chi connectivity index (χ2n) is 4.20. The van der Waals surface area contributed by atoms with Crippen molar-refractivity contribution in [2.75, 3.05) is 11.9 Å². The summed E-state index contributed by atoms with van der Waals surface area (Å²) in [5.74, 6) is 0.908. The molecule has 0 aliphatic carbocycles. The summed E-state index contributed by atoms with van der Waals surface area (Å²) in [5.41, 5.74) is 2.17. The molecule has 2 rings (SSSR count). The Morgan fingerprint density at radius 1 is 1.41 bits per heavy atom. The number of hydrogen-bond acceptors (Lipinski definition) is 2. The van der Waals surface area contributed by atoms with Crippen molar-refractivity contribution < 1.29 is 0 Å². The number of anilines is 1. The van der Waals surface area contributed by atoms with Crippen molar-refractivity contribution in [3.05, 3.63) is 24.3 Å². The van der Waals surface area contributed by atoms with Gasteiger partial charge in [-0.05, 0) is 25.0 Å². The Labute approximate surface area is 107 Å². The van der Waals surface area contributed by atoms with Gasteiger partial charge in [-0.25, -0.2) is 4.98 Å². The van der Waals surface area contributed by atoms with E-state index in [1.807, 2.05) is 25.2 Å². The van der Waals surface area contributed by atoms with Crippen LogP contribution in [0.3, 0.4) is 0 Å². The van der Waals surface area contributed by atoms with Gasteiger partial charge in [-0.3, -0.25) is 0 Å². The average molecular weight is 252 g/mol. The summed E-state index contributed by atoms with van der Waals surface area (Å²) in [6.45, 7) is 2.96. The zero-order valence-corrected chi connectivity index (χ0v) is 11.0. The van der Waals surface area contributed by atoms with E-state index in [-0.39, 0.29) is 5.38 Å². The molecule has 0 aliphatic heterocycles. The highest BCUT2D eigenvalue weighted by atomic mass is 35.5. The fourth-order valence-electron chi connectivity index (χ4n) is 1.85. The van der Waals surface area contributed by atoms with Gasteiger partial charge >= 0.3 is 0 Å². The van der Waals surface area contributed by atoms with Crippen LogP contribution >= 0.6 is 11.6 Å². The number of nitrogens with one attached hydrogen (secondary N) is 1. The first kappa shape index (κ1) is 12.2. The largest absolute Gasteiger partial charge is 0.356 e. The number of aromatic nitrogens is 2. The molecule has 1 aromatic heterocycles. The highest BCUT2D eigenvalue weighted by Crippen LogP contribution is 2.17. The maximum Gasteiger partial charge on any atom is 0.203 e. The van der Waals surface area contributed by atoms with E-state index in [1.165, 1.54) is 0 Å². The van der Waals surface area contributed by atoms with Crippen LogP contribution in [0, 0.1) is 0 Å². The zero-order chi connectivity index (χ0) is 12.3. The van der Waals surface area contributed by atoms with Crippen molar-refractivity contribution in [2.45, 2.75) is 25.1 Å². The minimum atomic E-state index is 0.247. The van der Waals surface area contributed by atoms with E-state index in [2.05, 4.69) is 27.9 Å². The van der Waals surface area contributed by atoms with Gasteiger partial charge in [-0.2, -0.15) is 0 Å². The number of alkyl halides is 1. The van der Waals surface area contributed by atoms with Crippen LogP contribution in [0.4, 0.5) is 5.95 Å². The van der Waals surface area contributed by atoms with Gasteiger partial charge < -0.3 is 9.88 Å². The van der Waals surface area contributed by atoms with Crippen molar-refractivity contribution in [2.24, 2.45) is 7.05 Å². The lowest BCUT2D eigenvalue weighted by Gasteiger charge is -2.08. The lowest BCUT2D eigenvalue weighted by Crippen LogP contribution is -2.10. The van der Waals surface area contributed by atoms with Crippen LogP contribution in [0.5, 0.6) is 0 Å². The molecule has 0 bridgehead atoms. The van der Waals surface area contributed by atoms with Crippen molar-refractivity contribution >= 4 is 28.6 Å². The first-order chi connectivity index (χ1) is 8.22. The lowest BCUT2D eigenvalue weighted by molar-refractivity contribution is 0.746. The van der Waals surface area contributed by atoms with Crippen LogP contribution in [-0.2, 0) is 7.05 Å². The molecule has 1 atom stereocenters. The Kier molecular flexibility index (Phi) is 3.89. The first-order valence-electron chi connectivity index (χ1n) is 6.01. The van der Waals surface area contributed by atoms with Gasteiger partial charge in [0.05, 0.1) is 11.0 Å². The van der Waals surface area contributed by atoms with Gasteiger partial charge in [0.2, 0.25) is 5.95 Å². The van der Waals surface area contributed by atoms with E-state index in [1.54, 1.807) is 0 Å². The molecule has 1 N–H and O–H groups in total. The molecule has 1 unspecified atom stereocenters. The Morgan fingerprint density at radius 3 is 2.88 bits per heavy atom. The summed E-state index contributed by atoms with van der Waals surface area (Å²) < 4.78 is 2.07. The lowest BCUT2D eigenvalue weighted by atomic mass is 10.2. The fourth-order valence-corrected chi connectivity index (χ4v) is 1.96. The third-order valence-corrected chi connectivity index (χ3v) is 3.50. The molecular formula is C13H18ClN3. The highest BCUT2D eigenvalue weighted by molar-refractivity contribution is 6.20. The zero-order valence-electron chi connectivity index (χ0n) is 10.3. The summed E-state index contributed by atoms with van der Waals surface area (Å²) in [6, 6.07) is 8.13. The van der Waals surface area contributed by atoms with Gasteiger partial charge in [-0.15, -0.1) is 11.6 Å². The average Bonchev–Trinajstić information content (AvgIpc) is 2.67. The molecule has 4 heteroatoms. The van der Waals surface area contributed by atoms with E-state index in [4.69, 9.17) is 11.6 Å². The summed E-state index contributed by atoms with van der Waals surface area (Å²) in [4.78, 5) is 4.54. The number of hydrogen-bond donors (Lipinski definition) is 1. The number of fused-ring (bicyclic) bond motifs is 1. The SMILES string of the molecule is CCC(Cl)CCNc1nc2ccccc2n1C. The van der Waals surface area contributed by atoms with Gasteiger partial charge in [0, 0.05) is 19.0 Å². The molecule has 0 saturated carbocycles. The minimum absolute atomic E-state index is 0.247. The molecule has 0 aliphatic rings. The number of halogens is 1. The summed E-state index contributed by atoms with van der Waals surface area (Å²) in [6.07, 6.45) is 1.97. The number of rotatable bonds is 5. The molecule has 92 valence electrons. The summed E-state index contributed by atoms with van der Waals surface area (Å²) >= 11 is 6.08. The standard InChI is InChI=1S/C13H18ClN3/c1-3-10(14)8-9-15-13-16-11-6-4-5-7-12(11)17(13)2/h4-7,10H,3,8-9H2,1-2H3,(H,15,16). The van der Waals surface area contributed by atoms with E-state index >= 15 is 0 Å². The first-order valence-corrected chi connectivity index (χ1v) is 6.45. The highest BCUT2D eigenvalue weighted by Gasteiger charge is 2.07. The maximum atomic E-state index is 6.08. The number of aryl methyl sites for hydroxylation is 1. The van der Waals surface area contributed by atoms with E-state index < -0.39 is 0 Å². The Morgan fingerprint density at radius 2 is 2.18 bits per heavy atom. The molecule has 0 spiro atoms. The maximum absolute atomic E-state index is 6.08. The van der Waals surface area contributed by atoms with E-state index in [0.29, 0.717) is 0 Å². The number of imidazole rings is 1. The van der Waals surface area contributed by atoms with Crippen LogP contribution in [0.25, 0.3) is 11.0 Å².